The summed E-state index contributed by atoms with van der Waals surface area (Å²) < 4.78 is 6.32. The monoisotopic (exact) mass is 587 g/mol. The number of benzene rings is 8. The average molecular weight is 588 g/mol. The molecule has 0 aliphatic carbocycles. The third-order valence-corrected chi connectivity index (χ3v) is 9.01. The zero-order valence-electron chi connectivity index (χ0n) is 25.1. The molecule has 0 saturated carbocycles. The molecule has 46 heavy (non-hydrogen) atoms. The highest BCUT2D eigenvalue weighted by molar-refractivity contribution is 6.07. The van der Waals surface area contributed by atoms with E-state index in [1.807, 2.05) is 6.07 Å². The lowest BCUT2D eigenvalue weighted by Gasteiger charge is -2.29. The molecule has 0 unspecified atom stereocenters. The smallest absolute Gasteiger partial charge is 0.135 e. The number of nitrogens with zero attached hydrogens (tertiary/aromatic N) is 1. The quantitative estimate of drug-likeness (QED) is 0.199. The molecule has 9 rings (SSSR count). The van der Waals surface area contributed by atoms with Gasteiger partial charge in [-0.2, -0.15) is 0 Å². The van der Waals surface area contributed by atoms with E-state index in [1.165, 1.54) is 38.4 Å². The van der Waals surface area contributed by atoms with E-state index >= 15 is 0 Å². The van der Waals surface area contributed by atoms with Crippen LogP contribution in [0.4, 0.5) is 17.1 Å². The van der Waals surface area contributed by atoms with Crippen LogP contribution in [0.25, 0.3) is 54.9 Å². The topological polar surface area (TPSA) is 12.5 Å². The maximum atomic E-state index is 6.32. The molecule has 2 heteroatoms. The Morgan fingerprint density at radius 1 is 0.370 bits per heavy atom. The number of ether oxygens (including phenoxy) is 1. The first kappa shape index (κ1) is 26.3. The van der Waals surface area contributed by atoms with Gasteiger partial charge in [0.25, 0.3) is 0 Å². The number of anilines is 3. The number of para-hydroxylation sites is 2. The van der Waals surface area contributed by atoms with E-state index in [9.17, 15) is 0 Å². The van der Waals surface area contributed by atoms with E-state index in [2.05, 4.69) is 175 Å². The van der Waals surface area contributed by atoms with E-state index in [1.54, 1.807) is 0 Å². The van der Waals surface area contributed by atoms with Crippen molar-refractivity contribution < 1.29 is 4.74 Å². The minimum atomic E-state index is 0.896. The predicted octanol–water partition coefficient (Wildman–Crippen LogP) is 12.6. The molecule has 0 bridgehead atoms. The Labute approximate surface area is 268 Å². The second-order valence-electron chi connectivity index (χ2n) is 11.7. The molecule has 0 atom stereocenters. The van der Waals surface area contributed by atoms with Gasteiger partial charge in [-0.05, 0) is 81.6 Å². The SMILES string of the molecule is c1ccc(-c2ccccc2N(c2cccc(-c3cc4c5c(cccc5c3)Oc3ccccc3-4)c2)c2cccc3ccccc23)cc1. The molecule has 0 fully saturated rings. The van der Waals surface area contributed by atoms with Crippen molar-refractivity contribution in [2.75, 3.05) is 4.90 Å². The van der Waals surface area contributed by atoms with Crippen LogP contribution in [0.15, 0.2) is 176 Å². The van der Waals surface area contributed by atoms with Gasteiger partial charge in [0.05, 0.1) is 11.4 Å². The lowest BCUT2D eigenvalue weighted by atomic mass is 9.90. The van der Waals surface area contributed by atoms with Crippen molar-refractivity contribution in [2.45, 2.75) is 0 Å². The first-order chi connectivity index (χ1) is 22.8. The molecule has 8 aromatic carbocycles. The standard InChI is InChI=1S/C44H29NO/c1-2-13-30(14-3-1)36-21-6-8-23-40(36)45(41-24-11-16-31-15-4-5-20-37(31)41)35-19-10-17-32(28-35)34-27-33-18-12-26-43-44(33)39(29-34)38-22-7-9-25-42(38)46-43/h1-29H. The summed E-state index contributed by atoms with van der Waals surface area (Å²) >= 11 is 0. The molecule has 1 aliphatic heterocycles. The molecule has 216 valence electrons. The largest absolute Gasteiger partial charge is 0.456 e. The maximum Gasteiger partial charge on any atom is 0.135 e. The van der Waals surface area contributed by atoms with E-state index < -0.39 is 0 Å². The van der Waals surface area contributed by atoms with Gasteiger partial charge in [0.15, 0.2) is 0 Å². The summed E-state index contributed by atoms with van der Waals surface area (Å²) in [7, 11) is 0. The Kier molecular flexibility index (Phi) is 6.17. The van der Waals surface area contributed by atoms with Crippen LogP contribution < -0.4 is 9.64 Å². The zero-order valence-corrected chi connectivity index (χ0v) is 25.1. The second-order valence-corrected chi connectivity index (χ2v) is 11.7. The van der Waals surface area contributed by atoms with E-state index in [4.69, 9.17) is 4.74 Å². The van der Waals surface area contributed by atoms with Gasteiger partial charge in [-0.3, -0.25) is 0 Å². The van der Waals surface area contributed by atoms with Crippen LogP contribution in [0.5, 0.6) is 11.5 Å². The van der Waals surface area contributed by atoms with Crippen molar-refractivity contribution in [1.29, 1.82) is 0 Å². The summed E-state index contributed by atoms with van der Waals surface area (Å²) in [4.78, 5) is 2.42. The van der Waals surface area contributed by atoms with Crippen molar-refractivity contribution in [3.05, 3.63) is 176 Å². The molecule has 2 nitrogen and oxygen atoms in total. The number of rotatable bonds is 5. The normalized spacial score (nSPS) is 11.7. The first-order valence-corrected chi connectivity index (χ1v) is 15.7. The zero-order chi connectivity index (χ0) is 30.5. The predicted molar refractivity (Wildman–Crippen MR) is 193 cm³/mol. The van der Waals surface area contributed by atoms with Gasteiger partial charge >= 0.3 is 0 Å². The van der Waals surface area contributed by atoms with Crippen LogP contribution in [0.1, 0.15) is 0 Å². The van der Waals surface area contributed by atoms with Crippen molar-refractivity contribution in [3.63, 3.8) is 0 Å². The molecule has 0 amide bonds. The summed E-state index contributed by atoms with van der Waals surface area (Å²) in [6.45, 7) is 0. The molecule has 0 N–H and O–H groups in total. The second kappa shape index (κ2) is 10.8. The van der Waals surface area contributed by atoms with Crippen molar-refractivity contribution in [1.82, 2.24) is 0 Å². The van der Waals surface area contributed by atoms with Gasteiger partial charge < -0.3 is 9.64 Å². The van der Waals surface area contributed by atoms with Gasteiger partial charge in [-0.15, -0.1) is 0 Å². The fraction of sp³-hybridized carbons (Fsp3) is 0. The molecular weight excluding hydrogens is 558 g/mol. The van der Waals surface area contributed by atoms with Crippen molar-refractivity contribution >= 4 is 38.6 Å². The molecular formula is C44H29NO. The highest BCUT2D eigenvalue weighted by Gasteiger charge is 2.22. The summed E-state index contributed by atoms with van der Waals surface area (Å²) in [5.74, 6) is 1.80. The number of hydrogen-bond donors (Lipinski definition) is 0. The lowest BCUT2D eigenvalue weighted by molar-refractivity contribution is 0.487. The lowest BCUT2D eigenvalue weighted by Crippen LogP contribution is -2.12. The van der Waals surface area contributed by atoms with Crippen LogP contribution in [0.2, 0.25) is 0 Å². The van der Waals surface area contributed by atoms with E-state index in [0.717, 1.165) is 45.1 Å². The Bertz CT molecular complexity index is 2400. The maximum absolute atomic E-state index is 6.32. The van der Waals surface area contributed by atoms with Crippen LogP contribution in [0.3, 0.4) is 0 Å². The molecule has 0 aromatic heterocycles. The van der Waals surface area contributed by atoms with Crippen LogP contribution in [-0.4, -0.2) is 0 Å². The van der Waals surface area contributed by atoms with Gasteiger partial charge in [0.2, 0.25) is 0 Å². The van der Waals surface area contributed by atoms with Gasteiger partial charge in [-0.25, -0.2) is 0 Å². The molecule has 0 spiro atoms. The summed E-state index contributed by atoms with van der Waals surface area (Å²) in [6.07, 6.45) is 0. The molecule has 8 aromatic rings. The van der Waals surface area contributed by atoms with Crippen molar-refractivity contribution in [3.8, 4) is 44.9 Å². The molecule has 0 saturated heterocycles. The summed E-state index contributed by atoms with van der Waals surface area (Å²) in [6, 6.07) is 62.8. The third-order valence-electron chi connectivity index (χ3n) is 9.01. The fourth-order valence-corrected chi connectivity index (χ4v) is 6.92. The minimum absolute atomic E-state index is 0.896. The molecule has 1 heterocycles. The average Bonchev–Trinajstić information content (AvgIpc) is 3.13. The highest BCUT2D eigenvalue weighted by atomic mass is 16.5. The first-order valence-electron chi connectivity index (χ1n) is 15.7. The Morgan fingerprint density at radius 3 is 1.96 bits per heavy atom. The highest BCUT2D eigenvalue weighted by Crippen LogP contribution is 2.49. The Hall–Kier alpha value is -6.12. The Morgan fingerprint density at radius 2 is 1.02 bits per heavy atom. The third kappa shape index (κ3) is 4.35. The summed E-state index contributed by atoms with van der Waals surface area (Å²) in [5, 5.41) is 4.75. The molecule has 0 radical (unpaired) electrons. The van der Waals surface area contributed by atoms with Crippen LogP contribution in [-0.2, 0) is 0 Å². The van der Waals surface area contributed by atoms with E-state index in [0.29, 0.717) is 0 Å². The van der Waals surface area contributed by atoms with Gasteiger partial charge in [-0.1, -0.05) is 127 Å². The fourth-order valence-electron chi connectivity index (χ4n) is 6.92. The minimum Gasteiger partial charge on any atom is -0.456 e. The van der Waals surface area contributed by atoms with Crippen molar-refractivity contribution in [2.24, 2.45) is 0 Å². The number of hydrogen-bond acceptors (Lipinski definition) is 2. The summed E-state index contributed by atoms with van der Waals surface area (Å²) in [5.41, 5.74) is 10.4. The molecule has 1 aliphatic rings. The van der Waals surface area contributed by atoms with Crippen LogP contribution >= 0.6 is 0 Å². The van der Waals surface area contributed by atoms with E-state index in [-0.39, 0.29) is 0 Å². The Balaban J connectivity index is 1.27. The van der Waals surface area contributed by atoms with Crippen LogP contribution in [0, 0.1) is 0 Å². The van der Waals surface area contributed by atoms with Gasteiger partial charge in [0, 0.05) is 27.6 Å². The number of fused-ring (bicyclic) bond motifs is 3. The van der Waals surface area contributed by atoms with Gasteiger partial charge in [0.1, 0.15) is 11.5 Å².